The van der Waals surface area contributed by atoms with Crippen LogP contribution in [0, 0.1) is 6.92 Å². The minimum Gasteiger partial charge on any atom is -0.451 e. The SMILES string of the molecule is Cc1ccc2oc(C(=O)N3CCC(N)CC3)cc2c1.Cl. The lowest BCUT2D eigenvalue weighted by Gasteiger charge is -2.29. The Morgan fingerprint density at radius 1 is 1.30 bits per heavy atom. The number of piperidine rings is 1. The van der Waals surface area contributed by atoms with Crippen molar-refractivity contribution in [1.29, 1.82) is 0 Å². The summed E-state index contributed by atoms with van der Waals surface area (Å²) in [6.07, 6.45) is 1.73. The number of benzene rings is 1. The molecule has 1 aliphatic rings. The van der Waals surface area contributed by atoms with Crippen molar-refractivity contribution in [2.45, 2.75) is 25.8 Å². The number of carbonyl (C=O) groups excluding carboxylic acids is 1. The Morgan fingerprint density at radius 2 is 2.00 bits per heavy atom. The number of hydrogen-bond donors (Lipinski definition) is 1. The van der Waals surface area contributed by atoms with E-state index in [1.165, 1.54) is 0 Å². The van der Waals surface area contributed by atoms with Gasteiger partial charge in [-0.3, -0.25) is 4.79 Å². The number of hydrogen-bond acceptors (Lipinski definition) is 3. The second-order valence-corrected chi connectivity index (χ2v) is 5.28. The lowest BCUT2D eigenvalue weighted by atomic mass is 10.1. The molecule has 2 aromatic rings. The molecule has 4 nitrogen and oxygen atoms in total. The molecule has 1 fully saturated rings. The Bertz CT molecular complexity index is 615. The van der Waals surface area contributed by atoms with E-state index in [-0.39, 0.29) is 24.4 Å². The van der Waals surface area contributed by atoms with Crippen molar-refractivity contribution in [1.82, 2.24) is 4.90 Å². The lowest BCUT2D eigenvalue weighted by Crippen LogP contribution is -2.42. The van der Waals surface area contributed by atoms with Crippen LogP contribution in [0.2, 0.25) is 0 Å². The van der Waals surface area contributed by atoms with Crippen LogP contribution in [0.5, 0.6) is 0 Å². The predicted molar refractivity (Wildman–Crippen MR) is 81.3 cm³/mol. The molecular formula is C15H19ClN2O2. The van der Waals surface area contributed by atoms with E-state index >= 15 is 0 Å². The summed E-state index contributed by atoms with van der Waals surface area (Å²) in [4.78, 5) is 14.2. The summed E-state index contributed by atoms with van der Waals surface area (Å²) in [6.45, 7) is 3.46. The summed E-state index contributed by atoms with van der Waals surface area (Å²) in [5.74, 6) is 0.400. The minimum atomic E-state index is -0.0271. The molecule has 0 atom stereocenters. The average molecular weight is 295 g/mol. The van der Waals surface area contributed by atoms with E-state index in [0.717, 1.165) is 42.5 Å². The van der Waals surface area contributed by atoms with Crippen molar-refractivity contribution in [3.05, 3.63) is 35.6 Å². The van der Waals surface area contributed by atoms with Gasteiger partial charge in [0.1, 0.15) is 5.58 Å². The first kappa shape index (κ1) is 14.9. The molecule has 5 heteroatoms. The van der Waals surface area contributed by atoms with E-state index in [1.807, 2.05) is 36.1 Å². The molecule has 2 heterocycles. The number of halogens is 1. The topological polar surface area (TPSA) is 59.5 Å². The zero-order valence-electron chi connectivity index (χ0n) is 11.5. The van der Waals surface area contributed by atoms with E-state index in [2.05, 4.69) is 0 Å². The van der Waals surface area contributed by atoms with Crippen LogP contribution >= 0.6 is 12.4 Å². The summed E-state index contributed by atoms with van der Waals surface area (Å²) in [5.41, 5.74) is 7.78. The minimum absolute atomic E-state index is 0. The fourth-order valence-electron chi connectivity index (χ4n) is 2.53. The van der Waals surface area contributed by atoms with Crippen LogP contribution in [0.3, 0.4) is 0 Å². The zero-order chi connectivity index (χ0) is 13.4. The van der Waals surface area contributed by atoms with Crippen LogP contribution in [0.4, 0.5) is 0 Å². The molecule has 1 aliphatic heterocycles. The number of nitrogens with two attached hydrogens (primary N) is 1. The van der Waals surface area contributed by atoms with Gasteiger partial charge in [-0.1, -0.05) is 11.6 Å². The largest absolute Gasteiger partial charge is 0.451 e. The smallest absolute Gasteiger partial charge is 0.289 e. The van der Waals surface area contributed by atoms with E-state index in [1.54, 1.807) is 0 Å². The van der Waals surface area contributed by atoms with Crippen molar-refractivity contribution in [3.8, 4) is 0 Å². The Morgan fingerprint density at radius 3 is 2.70 bits per heavy atom. The molecule has 2 N–H and O–H groups in total. The van der Waals surface area contributed by atoms with Crippen molar-refractivity contribution in [2.24, 2.45) is 5.73 Å². The second-order valence-electron chi connectivity index (χ2n) is 5.28. The van der Waals surface area contributed by atoms with Gasteiger partial charge in [-0.15, -0.1) is 12.4 Å². The summed E-state index contributed by atoms with van der Waals surface area (Å²) >= 11 is 0. The standard InChI is InChI=1S/C15H18N2O2.ClH/c1-10-2-3-13-11(8-10)9-14(19-13)15(18)17-6-4-12(16)5-7-17;/h2-3,8-9,12H,4-7,16H2,1H3;1H. The average Bonchev–Trinajstić information content (AvgIpc) is 2.81. The maximum atomic E-state index is 12.4. The Labute approximate surface area is 124 Å². The molecule has 0 radical (unpaired) electrons. The molecule has 0 saturated carbocycles. The highest BCUT2D eigenvalue weighted by Crippen LogP contribution is 2.22. The summed E-state index contributed by atoms with van der Waals surface area (Å²) in [7, 11) is 0. The van der Waals surface area contributed by atoms with Crippen LogP contribution in [0.1, 0.15) is 29.0 Å². The normalized spacial score (nSPS) is 16.2. The molecule has 1 amide bonds. The number of amides is 1. The van der Waals surface area contributed by atoms with Gasteiger partial charge in [-0.25, -0.2) is 0 Å². The molecular weight excluding hydrogens is 276 g/mol. The monoisotopic (exact) mass is 294 g/mol. The molecule has 0 bridgehead atoms. The summed E-state index contributed by atoms with van der Waals surface area (Å²) in [6, 6.07) is 7.98. The van der Waals surface area contributed by atoms with Gasteiger partial charge < -0.3 is 15.1 Å². The number of aryl methyl sites for hydroxylation is 1. The van der Waals surface area contributed by atoms with Crippen LogP contribution in [-0.2, 0) is 0 Å². The number of likely N-dealkylation sites (tertiary alicyclic amines) is 1. The number of nitrogens with zero attached hydrogens (tertiary/aromatic N) is 1. The van der Waals surface area contributed by atoms with Crippen molar-refractivity contribution in [2.75, 3.05) is 13.1 Å². The van der Waals surface area contributed by atoms with E-state index in [0.29, 0.717) is 5.76 Å². The molecule has 1 aromatic carbocycles. The van der Waals surface area contributed by atoms with Gasteiger partial charge in [0.15, 0.2) is 5.76 Å². The first-order valence-electron chi connectivity index (χ1n) is 6.68. The molecule has 20 heavy (non-hydrogen) atoms. The quantitative estimate of drug-likeness (QED) is 0.880. The van der Waals surface area contributed by atoms with Crippen molar-refractivity contribution < 1.29 is 9.21 Å². The second kappa shape index (κ2) is 5.85. The van der Waals surface area contributed by atoms with E-state index in [4.69, 9.17) is 10.2 Å². The summed E-state index contributed by atoms with van der Waals surface area (Å²) in [5, 5.41) is 0.983. The Hall–Kier alpha value is -1.52. The summed E-state index contributed by atoms with van der Waals surface area (Å²) < 4.78 is 5.64. The third kappa shape index (κ3) is 2.81. The highest BCUT2D eigenvalue weighted by molar-refractivity contribution is 5.96. The third-order valence-electron chi connectivity index (χ3n) is 3.71. The molecule has 0 spiro atoms. The molecule has 0 aliphatic carbocycles. The number of rotatable bonds is 1. The van der Waals surface area contributed by atoms with Gasteiger partial charge in [-0.2, -0.15) is 0 Å². The molecule has 0 unspecified atom stereocenters. The van der Waals surface area contributed by atoms with Crippen LogP contribution in [0.25, 0.3) is 11.0 Å². The first-order chi connectivity index (χ1) is 9.13. The zero-order valence-corrected chi connectivity index (χ0v) is 12.3. The number of furan rings is 1. The number of carbonyl (C=O) groups is 1. The number of fused-ring (bicyclic) bond motifs is 1. The predicted octanol–water partition coefficient (Wildman–Crippen LogP) is 2.73. The Balaban J connectivity index is 0.00000147. The van der Waals surface area contributed by atoms with Crippen molar-refractivity contribution >= 4 is 29.3 Å². The van der Waals surface area contributed by atoms with Crippen LogP contribution in [0.15, 0.2) is 28.7 Å². The fourth-order valence-corrected chi connectivity index (χ4v) is 2.53. The van der Waals surface area contributed by atoms with Gasteiger partial charge in [-0.05, 0) is 38.0 Å². The molecule has 3 rings (SSSR count). The first-order valence-corrected chi connectivity index (χ1v) is 6.68. The van der Waals surface area contributed by atoms with Gasteiger partial charge in [0.2, 0.25) is 0 Å². The highest BCUT2D eigenvalue weighted by Gasteiger charge is 2.24. The van der Waals surface area contributed by atoms with Gasteiger partial charge >= 0.3 is 0 Å². The van der Waals surface area contributed by atoms with E-state index in [9.17, 15) is 4.79 Å². The molecule has 1 saturated heterocycles. The van der Waals surface area contributed by atoms with Crippen molar-refractivity contribution in [3.63, 3.8) is 0 Å². The third-order valence-corrected chi connectivity index (χ3v) is 3.71. The van der Waals surface area contributed by atoms with Crippen LogP contribution < -0.4 is 5.73 Å². The van der Waals surface area contributed by atoms with Gasteiger partial charge in [0.25, 0.3) is 5.91 Å². The molecule has 1 aromatic heterocycles. The highest BCUT2D eigenvalue weighted by atomic mass is 35.5. The molecule has 108 valence electrons. The van der Waals surface area contributed by atoms with Gasteiger partial charge in [0.05, 0.1) is 0 Å². The lowest BCUT2D eigenvalue weighted by molar-refractivity contribution is 0.0685. The van der Waals surface area contributed by atoms with Crippen LogP contribution in [-0.4, -0.2) is 29.9 Å². The Kier molecular flexibility index (Phi) is 4.35. The maximum Gasteiger partial charge on any atom is 0.289 e. The fraction of sp³-hybridized carbons (Fsp3) is 0.400. The van der Waals surface area contributed by atoms with Gasteiger partial charge in [0, 0.05) is 24.5 Å². The van der Waals surface area contributed by atoms with E-state index < -0.39 is 0 Å². The maximum absolute atomic E-state index is 12.4.